The normalized spacial score (nSPS) is 12.2. The minimum absolute atomic E-state index is 0.0653. The summed E-state index contributed by atoms with van der Waals surface area (Å²) in [5.41, 5.74) is 5.24. The van der Waals surface area contributed by atoms with Crippen molar-refractivity contribution < 1.29 is 19.7 Å². The van der Waals surface area contributed by atoms with E-state index in [0.29, 0.717) is 35.5 Å². The predicted molar refractivity (Wildman–Crippen MR) is 126 cm³/mol. The molecule has 0 radical (unpaired) electrons. The molecule has 0 saturated carbocycles. The number of rotatable bonds is 10. The van der Waals surface area contributed by atoms with E-state index in [2.05, 4.69) is 40.7 Å². The first-order valence-electron chi connectivity index (χ1n) is 12.1. The van der Waals surface area contributed by atoms with Gasteiger partial charge in [-0.1, -0.05) is 66.7 Å². The number of aryl methyl sites for hydroxylation is 1. The van der Waals surface area contributed by atoms with Crippen LogP contribution in [-0.4, -0.2) is 10.2 Å². The minimum Gasteiger partial charge on any atom is -0.504 e. The molecule has 0 bridgehead atoms. The number of phenolic OH excluding ortho intramolecular Hbond substituents is 2. The molecule has 0 fully saturated rings. The Hall–Kier alpha value is -2.36. The molecule has 0 atom stereocenters. The van der Waals surface area contributed by atoms with Crippen LogP contribution in [0.2, 0.25) is 0 Å². The van der Waals surface area contributed by atoms with E-state index < -0.39 is 0 Å². The van der Waals surface area contributed by atoms with E-state index in [9.17, 15) is 10.2 Å². The number of hydrogen-bond donors (Lipinski definition) is 2. The topological polar surface area (TPSA) is 58.9 Å². The summed E-state index contributed by atoms with van der Waals surface area (Å²) in [4.78, 5) is 0. The molecule has 2 aromatic carbocycles. The summed E-state index contributed by atoms with van der Waals surface area (Å²) < 4.78 is 13.1. The van der Waals surface area contributed by atoms with E-state index in [1.54, 1.807) is 0 Å². The molecule has 3 rings (SSSR count). The number of benzene rings is 2. The van der Waals surface area contributed by atoms with Crippen LogP contribution in [0.3, 0.4) is 0 Å². The Morgan fingerprint density at radius 2 is 1.00 bits per heavy atom. The van der Waals surface area contributed by atoms with Crippen LogP contribution in [0.4, 0.5) is 0 Å². The highest BCUT2D eigenvalue weighted by molar-refractivity contribution is 5.71. The third kappa shape index (κ3) is 4.35. The maximum atomic E-state index is 10.8. The molecule has 0 amide bonds. The van der Waals surface area contributed by atoms with Crippen molar-refractivity contribution in [2.24, 2.45) is 0 Å². The summed E-state index contributed by atoms with van der Waals surface area (Å²) in [6.45, 7) is 10.7. The van der Waals surface area contributed by atoms with Crippen LogP contribution >= 0.6 is 0 Å². The zero-order valence-corrected chi connectivity index (χ0v) is 19.9. The molecule has 0 saturated heterocycles. The van der Waals surface area contributed by atoms with Crippen LogP contribution in [-0.2, 0) is 32.1 Å². The smallest absolute Gasteiger partial charge is 0.177 e. The molecule has 1 aliphatic heterocycles. The Morgan fingerprint density at radius 3 is 1.52 bits per heavy atom. The van der Waals surface area contributed by atoms with Gasteiger partial charge in [-0.05, 0) is 49.3 Å². The molecule has 1 heterocycles. The van der Waals surface area contributed by atoms with Gasteiger partial charge in [0.15, 0.2) is 34.5 Å². The van der Waals surface area contributed by atoms with Crippen molar-refractivity contribution in [1.29, 1.82) is 0 Å². The van der Waals surface area contributed by atoms with Gasteiger partial charge in [-0.25, -0.2) is 0 Å². The number of ether oxygens (including phenoxy) is 2. The molecule has 0 aliphatic carbocycles. The molecular weight excluding hydrogens is 388 g/mol. The molecule has 4 nitrogen and oxygen atoms in total. The lowest BCUT2D eigenvalue weighted by atomic mass is 9.90. The largest absolute Gasteiger partial charge is 0.504 e. The van der Waals surface area contributed by atoms with Crippen LogP contribution in [0.25, 0.3) is 0 Å². The van der Waals surface area contributed by atoms with Gasteiger partial charge in [-0.2, -0.15) is 0 Å². The van der Waals surface area contributed by atoms with Gasteiger partial charge in [-0.3, -0.25) is 0 Å². The SMILES string of the molecule is CCCc1cc2c(c(CCC)c1CCC)Oc1c(CCC)c(O)c(O)c(CCC)c1O2. The van der Waals surface area contributed by atoms with E-state index in [0.717, 1.165) is 62.9 Å². The zero-order valence-electron chi connectivity index (χ0n) is 19.9. The first-order chi connectivity index (χ1) is 15.0. The van der Waals surface area contributed by atoms with Crippen molar-refractivity contribution in [1.82, 2.24) is 0 Å². The van der Waals surface area contributed by atoms with E-state index in [4.69, 9.17) is 9.47 Å². The van der Waals surface area contributed by atoms with Gasteiger partial charge in [-0.15, -0.1) is 0 Å². The van der Waals surface area contributed by atoms with Crippen molar-refractivity contribution in [2.45, 2.75) is 98.8 Å². The maximum Gasteiger partial charge on any atom is 0.177 e. The highest BCUT2D eigenvalue weighted by atomic mass is 16.6. The van der Waals surface area contributed by atoms with Crippen molar-refractivity contribution in [3.63, 3.8) is 0 Å². The van der Waals surface area contributed by atoms with E-state index >= 15 is 0 Å². The van der Waals surface area contributed by atoms with Crippen LogP contribution in [0.5, 0.6) is 34.5 Å². The molecular formula is C27H38O4. The van der Waals surface area contributed by atoms with Gasteiger partial charge < -0.3 is 19.7 Å². The fourth-order valence-electron chi connectivity index (χ4n) is 4.71. The van der Waals surface area contributed by atoms with Gasteiger partial charge in [0.2, 0.25) is 0 Å². The average Bonchev–Trinajstić information content (AvgIpc) is 2.76. The van der Waals surface area contributed by atoms with Crippen LogP contribution in [0.15, 0.2) is 6.07 Å². The number of phenols is 2. The van der Waals surface area contributed by atoms with Crippen molar-refractivity contribution in [3.8, 4) is 34.5 Å². The zero-order chi connectivity index (χ0) is 22.5. The molecule has 0 unspecified atom stereocenters. The quantitative estimate of drug-likeness (QED) is 0.325. The van der Waals surface area contributed by atoms with Crippen molar-refractivity contribution in [2.75, 3.05) is 0 Å². The van der Waals surface area contributed by atoms with E-state index in [1.165, 1.54) is 16.7 Å². The number of hydrogen-bond acceptors (Lipinski definition) is 4. The predicted octanol–water partition coefficient (Wildman–Crippen LogP) is 7.76. The Labute approximate surface area is 187 Å². The summed E-state index contributed by atoms with van der Waals surface area (Å²) in [6, 6.07) is 2.14. The third-order valence-corrected chi connectivity index (χ3v) is 6.04. The fraction of sp³-hybridized carbons (Fsp3) is 0.556. The average molecular weight is 427 g/mol. The van der Waals surface area contributed by atoms with Gasteiger partial charge in [0, 0.05) is 16.7 Å². The summed E-state index contributed by atoms with van der Waals surface area (Å²) in [5.74, 6) is 2.55. The summed E-state index contributed by atoms with van der Waals surface area (Å²) >= 11 is 0. The Morgan fingerprint density at radius 1 is 0.548 bits per heavy atom. The van der Waals surface area contributed by atoms with Gasteiger partial charge in [0.05, 0.1) is 0 Å². The molecule has 0 spiro atoms. The van der Waals surface area contributed by atoms with E-state index in [1.807, 2.05) is 0 Å². The molecule has 2 N–H and O–H groups in total. The summed E-state index contributed by atoms with van der Waals surface area (Å²) in [5, 5.41) is 21.5. The number of aromatic hydroxyl groups is 2. The minimum atomic E-state index is -0.0683. The summed E-state index contributed by atoms with van der Waals surface area (Å²) in [7, 11) is 0. The second kappa shape index (κ2) is 10.3. The Kier molecular flexibility index (Phi) is 7.74. The van der Waals surface area contributed by atoms with Crippen molar-refractivity contribution >= 4 is 0 Å². The molecule has 31 heavy (non-hydrogen) atoms. The lowest BCUT2D eigenvalue weighted by Crippen LogP contribution is -2.11. The first-order valence-corrected chi connectivity index (χ1v) is 12.1. The fourth-order valence-corrected chi connectivity index (χ4v) is 4.71. The second-order valence-corrected chi connectivity index (χ2v) is 8.59. The highest BCUT2D eigenvalue weighted by Gasteiger charge is 2.32. The second-order valence-electron chi connectivity index (χ2n) is 8.59. The lowest BCUT2D eigenvalue weighted by Gasteiger charge is -2.30. The number of fused-ring (bicyclic) bond motifs is 2. The Balaban J connectivity index is 2.26. The molecule has 4 heteroatoms. The van der Waals surface area contributed by atoms with E-state index in [-0.39, 0.29) is 11.5 Å². The van der Waals surface area contributed by atoms with Gasteiger partial charge >= 0.3 is 0 Å². The lowest BCUT2D eigenvalue weighted by molar-refractivity contribution is 0.331. The molecule has 1 aliphatic rings. The molecule has 0 aromatic heterocycles. The standard InChI is InChI=1S/C27H38O4/c1-6-11-17-16-22-25(19(13-8-3)18(17)12-7-2)31-27-21(15-10-5)24(29)23(28)20(14-9-4)26(27)30-22/h16,28-29H,6-15H2,1-5H3. The monoisotopic (exact) mass is 426 g/mol. The third-order valence-electron chi connectivity index (χ3n) is 6.04. The highest BCUT2D eigenvalue weighted by Crippen LogP contribution is 2.57. The summed E-state index contributed by atoms with van der Waals surface area (Å²) in [6.07, 6.45) is 9.06. The molecule has 2 aromatic rings. The van der Waals surface area contributed by atoms with Gasteiger partial charge in [0.25, 0.3) is 0 Å². The van der Waals surface area contributed by atoms with Gasteiger partial charge in [0.1, 0.15) is 0 Å². The van der Waals surface area contributed by atoms with Crippen LogP contribution < -0.4 is 9.47 Å². The first kappa shape index (κ1) is 23.3. The maximum absolute atomic E-state index is 10.8. The Bertz CT molecular complexity index is 930. The van der Waals surface area contributed by atoms with Crippen LogP contribution in [0, 0.1) is 0 Å². The molecule has 170 valence electrons. The van der Waals surface area contributed by atoms with Crippen LogP contribution in [0.1, 0.15) is 94.5 Å². The van der Waals surface area contributed by atoms with Crippen molar-refractivity contribution in [3.05, 3.63) is 33.9 Å².